The van der Waals surface area contributed by atoms with E-state index in [1.165, 1.54) is 18.0 Å². The summed E-state index contributed by atoms with van der Waals surface area (Å²) >= 11 is 0. The number of hydrogen-bond donors (Lipinski definition) is 1. The number of benzene rings is 2. The summed E-state index contributed by atoms with van der Waals surface area (Å²) in [6.45, 7) is 0.654. The predicted octanol–water partition coefficient (Wildman–Crippen LogP) is 3.29. The van der Waals surface area contributed by atoms with Gasteiger partial charge in [-0.15, -0.1) is 0 Å². The highest BCUT2D eigenvalue weighted by Crippen LogP contribution is 2.28. The largest absolute Gasteiger partial charge is 0.339 e. The molecule has 6 nitrogen and oxygen atoms in total. The first-order valence-electron chi connectivity index (χ1n) is 8.23. The number of nitrogens with one attached hydrogen (secondary N) is 1. The SMILES string of the molecule is N#Cc1cccc(Nc2cnc(C(=O)N3CCc4ccccc43)cn2)c1. The highest BCUT2D eigenvalue weighted by molar-refractivity contribution is 6.05. The molecule has 0 spiro atoms. The summed E-state index contributed by atoms with van der Waals surface area (Å²) in [7, 11) is 0. The molecular formula is C20H15N5O. The number of para-hydroxylation sites is 1. The Bertz CT molecular complexity index is 1010. The van der Waals surface area contributed by atoms with Gasteiger partial charge in [0.05, 0.1) is 24.0 Å². The Morgan fingerprint density at radius 3 is 2.81 bits per heavy atom. The van der Waals surface area contributed by atoms with E-state index in [-0.39, 0.29) is 5.91 Å². The van der Waals surface area contributed by atoms with Crippen molar-refractivity contribution in [2.75, 3.05) is 16.8 Å². The van der Waals surface area contributed by atoms with Gasteiger partial charge in [0.25, 0.3) is 5.91 Å². The minimum Gasteiger partial charge on any atom is -0.339 e. The fraction of sp³-hybridized carbons (Fsp3) is 0.100. The fourth-order valence-electron chi connectivity index (χ4n) is 3.00. The first-order chi connectivity index (χ1) is 12.7. The molecule has 0 unspecified atom stereocenters. The van der Waals surface area contributed by atoms with E-state index in [4.69, 9.17) is 5.26 Å². The third kappa shape index (κ3) is 2.98. The Labute approximate surface area is 150 Å². The predicted molar refractivity (Wildman–Crippen MR) is 98.3 cm³/mol. The van der Waals surface area contributed by atoms with Crippen molar-refractivity contribution in [2.45, 2.75) is 6.42 Å². The second-order valence-corrected chi connectivity index (χ2v) is 5.94. The molecule has 2 aromatic carbocycles. The Hall–Kier alpha value is -3.72. The van der Waals surface area contributed by atoms with Crippen molar-refractivity contribution < 1.29 is 4.79 Å². The lowest BCUT2D eigenvalue weighted by atomic mass is 10.2. The highest BCUT2D eigenvalue weighted by atomic mass is 16.2. The molecule has 0 atom stereocenters. The maximum atomic E-state index is 12.7. The third-order valence-corrected chi connectivity index (χ3v) is 4.27. The van der Waals surface area contributed by atoms with Crippen molar-refractivity contribution in [3.63, 3.8) is 0 Å². The van der Waals surface area contributed by atoms with Crippen LogP contribution in [-0.2, 0) is 6.42 Å². The van der Waals surface area contributed by atoms with Gasteiger partial charge in [0.2, 0.25) is 0 Å². The quantitative estimate of drug-likeness (QED) is 0.790. The Morgan fingerprint density at radius 1 is 1.12 bits per heavy atom. The number of hydrogen-bond acceptors (Lipinski definition) is 5. The number of rotatable bonds is 3. The van der Waals surface area contributed by atoms with E-state index < -0.39 is 0 Å². The molecule has 2 heterocycles. The minimum atomic E-state index is -0.152. The molecule has 0 saturated carbocycles. The van der Waals surface area contributed by atoms with E-state index in [1.54, 1.807) is 23.1 Å². The maximum absolute atomic E-state index is 12.7. The first kappa shape index (κ1) is 15.8. The zero-order chi connectivity index (χ0) is 17.9. The van der Waals surface area contributed by atoms with Crippen LogP contribution in [0.5, 0.6) is 0 Å². The number of aromatic nitrogens is 2. The molecule has 1 amide bonds. The van der Waals surface area contributed by atoms with E-state index in [9.17, 15) is 4.79 Å². The first-order valence-corrected chi connectivity index (χ1v) is 8.23. The van der Waals surface area contributed by atoms with E-state index in [0.717, 1.165) is 17.8 Å². The van der Waals surface area contributed by atoms with Gasteiger partial charge in [0.1, 0.15) is 11.5 Å². The molecule has 3 aromatic rings. The lowest BCUT2D eigenvalue weighted by molar-refractivity contribution is 0.0984. The molecule has 0 fully saturated rings. The summed E-state index contributed by atoms with van der Waals surface area (Å²) in [6.07, 6.45) is 3.85. The molecule has 0 radical (unpaired) electrons. The summed E-state index contributed by atoms with van der Waals surface area (Å²) in [5, 5.41) is 12.0. The van der Waals surface area contributed by atoms with Gasteiger partial charge in [0, 0.05) is 17.9 Å². The monoisotopic (exact) mass is 341 g/mol. The van der Waals surface area contributed by atoms with Gasteiger partial charge in [-0.2, -0.15) is 5.26 Å². The number of carbonyl (C=O) groups excluding carboxylic acids is 1. The molecule has 4 rings (SSSR count). The summed E-state index contributed by atoms with van der Waals surface area (Å²) < 4.78 is 0. The van der Waals surface area contributed by atoms with Crippen LogP contribution in [0, 0.1) is 11.3 Å². The minimum absolute atomic E-state index is 0.152. The average molecular weight is 341 g/mol. The van der Waals surface area contributed by atoms with Crippen LogP contribution in [0.2, 0.25) is 0 Å². The molecule has 0 saturated heterocycles. The van der Waals surface area contributed by atoms with Crippen molar-refractivity contribution in [3.05, 3.63) is 77.7 Å². The lowest BCUT2D eigenvalue weighted by Crippen LogP contribution is -2.29. The van der Waals surface area contributed by atoms with Crippen LogP contribution in [-0.4, -0.2) is 22.4 Å². The van der Waals surface area contributed by atoms with Crippen LogP contribution in [0.3, 0.4) is 0 Å². The van der Waals surface area contributed by atoms with E-state index in [2.05, 4.69) is 21.4 Å². The molecule has 126 valence electrons. The fourth-order valence-corrected chi connectivity index (χ4v) is 3.00. The van der Waals surface area contributed by atoms with Gasteiger partial charge in [-0.25, -0.2) is 9.97 Å². The van der Waals surface area contributed by atoms with E-state index in [0.29, 0.717) is 23.6 Å². The van der Waals surface area contributed by atoms with E-state index >= 15 is 0 Å². The molecule has 26 heavy (non-hydrogen) atoms. The summed E-state index contributed by atoms with van der Waals surface area (Å²) in [4.78, 5) is 23.0. The molecule has 0 bridgehead atoms. The van der Waals surface area contributed by atoms with Crippen molar-refractivity contribution in [2.24, 2.45) is 0 Å². The van der Waals surface area contributed by atoms with Crippen molar-refractivity contribution in [1.29, 1.82) is 5.26 Å². The Kier molecular flexibility index (Phi) is 4.04. The molecule has 1 aromatic heterocycles. The number of nitrogens with zero attached hydrogens (tertiary/aromatic N) is 4. The lowest BCUT2D eigenvalue weighted by Gasteiger charge is -2.16. The molecule has 1 N–H and O–H groups in total. The number of anilines is 3. The topological polar surface area (TPSA) is 81.9 Å². The highest BCUT2D eigenvalue weighted by Gasteiger charge is 2.26. The number of amides is 1. The smallest absolute Gasteiger partial charge is 0.278 e. The molecule has 0 aliphatic carbocycles. The van der Waals surface area contributed by atoms with Crippen LogP contribution in [0.1, 0.15) is 21.6 Å². The molecular weight excluding hydrogens is 326 g/mol. The van der Waals surface area contributed by atoms with Crippen LogP contribution >= 0.6 is 0 Å². The van der Waals surface area contributed by atoms with Gasteiger partial charge >= 0.3 is 0 Å². The number of carbonyl (C=O) groups is 1. The maximum Gasteiger partial charge on any atom is 0.278 e. The van der Waals surface area contributed by atoms with Crippen LogP contribution < -0.4 is 10.2 Å². The van der Waals surface area contributed by atoms with Crippen LogP contribution in [0.25, 0.3) is 0 Å². The molecule has 1 aliphatic rings. The molecule has 6 heteroatoms. The van der Waals surface area contributed by atoms with E-state index in [1.807, 2.05) is 30.3 Å². The summed E-state index contributed by atoms with van der Waals surface area (Å²) in [6, 6.07) is 17.1. The number of fused-ring (bicyclic) bond motifs is 1. The molecule has 1 aliphatic heterocycles. The second kappa shape index (κ2) is 6.65. The van der Waals surface area contributed by atoms with Crippen LogP contribution in [0.15, 0.2) is 60.9 Å². The summed E-state index contributed by atoms with van der Waals surface area (Å²) in [5.41, 5.74) is 3.71. The van der Waals surface area contributed by atoms with Crippen molar-refractivity contribution in [3.8, 4) is 6.07 Å². The van der Waals surface area contributed by atoms with Gasteiger partial charge in [-0.05, 0) is 36.2 Å². The van der Waals surface area contributed by atoms with Gasteiger partial charge in [-0.1, -0.05) is 24.3 Å². The van der Waals surface area contributed by atoms with Gasteiger partial charge in [-0.3, -0.25) is 4.79 Å². The Morgan fingerprint density at radius 2 is 2.00 bits per heavy atom. The Balaban J connectivity index is 1.51. The number of nitriles is 1. The average Bonchev–Trinajstić information content (AvgIpc) is 3.12. The zero-order valence-corrected chi connectivity index (χ0v) is 13.9. The third-order valence-electron chi connectivity index (χ3n) is 4.27. The summed E-state index contributed by atoms with van der Waals surface area (Å²) in [5.74, 6) is 0.360. The van der Waals surface area contributed by atoms with Gasteiger partial charge < -0.3 is 10.2 Å². The van der Waals surface area contributed by atoms with Crippen molar-refractivity contribution in [1.82, 2.24) is 9.97 Å². The van der Waals surface area contributed by atoms with Crippen molar-refractivity contribution >= 4 is 23.1 Å². The zero-order valence-electron chi connectivity index (χ0n) is 13.9. The van der Waals surface area contributed by atoms with Crippen LogP contribution in [0.4, 0.5) is 17.2 Å². The van der Waals surface area contributed by atoms with Gasteiger partial charge in [0.15, 0.2) is 0 Å². The normalized spacial score (nSPS) is 12.3. The standard InChI is InChI=1S/C20H15N5O/c21-11-14-4-3-6-16(10-14)24-19-13-22-17(12-23-19)20(26)25-9-8-15-5-1-2-7-18(15)25/h1-7,10,12-13H,8-9H2,(H,23,24). The second-order valence-electron chi connectivity index (χ2n) is 5.94.